The zero-order chi connectivity index (χ0) is 27.0. The fourth-order valence-corrected chi connectivity index (χ4v) is 4.29. The van der Waals surface area contributed by atoms with Gasteiger partial charge in [-0.1, -0.05) is 0 Å². The van der Waals surface area contributed by atoms with Gasteiger partial charge in [-0.15, -0.1) is 10.2 Å². The molecular formula is C26H25F3N4O4. The van der Waals surface area contributed by atoms with Crippen molar-refractivity contribution in [3.05, 3.63) is 71.6 Å². The summed E-state index contributed by atoms with van der Waals surface area (Å²) in [5.74, 6) is -2.55. The van der Waals surface area contributed by atoms with Crippen molar-refractivity contribution in [3.63, 3.8) is 0 Å². The van der Waals surface area contributed by atoms with E-state index in [1.54, 1.807) is 20.8 Å². The minimum absolute atomic E-state index is 0.00539. The maximum atomic E-state index is 14.7. The first kappa shape index (κ1) is 26.1. The van der Waals surface area contributed by atoms with Crippen molar-refractivity contribution in [1.82, 2.24) is 15.2 Å². The number of carboxylic acid groups (broad SMARTS) is 1. The Bertz CT molecular complexity index is 1320. The van der Waals surface area contributed by atoms with Crippen LogP contribution >= 0.6 is 0 Å². The number of hydrogen-bond donors (Lipinski definition) is 1. The minimum Gasteiger partial charge on any atom is -0.478 e. The molecule has 0 atom stereocenters. The van der Waals surface area contributed by atoms with Crippen LogP contribution in [0.5, 0.6) is 0 Å². The molecule has 8 nitrogen and oxygen atoms in total. The zero-order valence-electron chi connectivity index (χ0n) is 20.4. The standard InChI is InChI=1S/C26H25F3N4O4/c1-25(2,3)37-24(36)33(14-26(12-16(27)13-26)22-19(29)5-4-10-30-22)21-9-8-20(31-32-21)17-11-15(23(34)35)6-7-18(17)28/h4-11,16H,12-14H2,1-3H3,(H,34,35)/t16-,26-. The van der Waals surface area contributed by atoms with Gasteiger partial charge in [0.1, 0.15) is 23.4 Å². The van der Waals surface area contributed by atoms with Crippen LogP contribution in [0.15, 0.2) is 48.7 Å². The molecule has 194 valence electrons. The van der Waals surface area contributed by atoms with Crippen molar-refractivity contribution in [2.75, 3.05) is 11.4 Å². The second kappa shape index (κ2) is 9.79. The largest absolute Gasteiger partial charge is 0.478 e. The number of rotatable bonds is 6. The van der Waals surface area contributed by atoms with Crippen LogP contribution in [-0.2, 0) is 10.2 Å². The van der Waals surface area contributed by atoms with E-state index in [0.717, 1.165) is 23.1 Å². The van der Waals surface area contributed by atoms with Crippen LogP contribution in [0.4, 0.5) is 23.8 Å². The molecule has 0 bridgehead atoms. The lowest BCUT2D eigenvalue weighted by molar-refractivity contribution is 0.0506. The van der Waals surface area contributed by atoms with Crippen molar-refractivity contribution in [2.24, 2.45) is 0 Å². The molecule has 0 saturated heterocycles. The molecule has 0 radical (unpaired) electrons. The van der Waals surface area contributed by atoms with E-state index in [-0.39, 0.29) is 47.7 Å². The molecule has 2 heterocycles. The van der Waals surface area contributed by atoms with Gasteiger partial charge in [0, 0.05) is 23.7 Å². The van der Waals surface area contributed by atoms with Gasteiger partial charge in [0.2, 0.25) is 0 Å². The number of carboxylic acids is 1. The number of aromatic nitrogens is 3. The molecule has 0 aliphatic heterocycles. The third-order valence-electron chi connectivity index (χ3n) is 5.98. The summed E-state index contributed by atoms with van der Waals surface area (Å²) in [5, 5.41) is 17.3. The number of halogens is 3. The van der Waals surface area contributed by atoms with E-state index in [0.29, 0.717) is 0 Å². The second-order valence-corrected chi connectivity index (χ2v) is 9.96. The Labute approximate surface area is 211 Å². The summed E-state index contributed by atoms with van der Waals surface area (Å²) in [5.41, 5.74) is -2.16. The molecule has 3 aromatic rings. The van der Waals surface area contributed by atoms with Gasteiger partial charge in [-0.05, 0) is 76.1 Å². The first-order valence-corrected chi connectivity index (χ1v) is 11.5. The average molecular weight is 515 g/mol. The Morgan fingerprint density at radius 2 is 1.84 bits per heavy atom. The molecule has 2 aromatic heterocycles. The van der Waals surface area contributed by atoms with E-state index in [2.05, 4.69) is 15.2 Å². The number of nitrogens with zero attached hydrogens (tertiary/aromatic N) is 4. The number of alkyl halides is 1. The topological polar surface area (TPSA) is 106 Å². The molecule has 1 fully saturated rings. The van der Waals surface area contributed by atoms with Crippen LogP contribution in [0.1, 0.15) is 49.7 Å². The van der Waals surface area contributed by atoms with Crippen molar-refractivity contribution >= 4 is 17.9 Å². The smallest absolute Gasteiger partial charge is 0.416 e. The molecule has 1 aromatic carbocycles. The van der Waals surface area contributed by atoms with E-state index >= 15 is 0 Å². The third kappa shape index (κ3) is 5.55. The highest BCUT2D eigenvalue weighted by Crippen LogP contribution is 2.46. The lowest BCUT2D eigenvalue weighted by Gasteiger charge is -2.46. The van der Waals surface area contributed by atoms with Crippen LogP contribution in [0.3, 0.4) is 0 Å². The predicted molar refractivity (Wildman–Crippen MR) is 128 cm³/mol. The molecule has 1 aliphatic carbocycles. The Morgan fingerprint density at radius 1 is 1.11 bits per heavy atom. The number of carbonyl (C=O) groups is 2. The highest BCUT2D eigenvalue weighted by Gasteiger charge is 2.51. The highest BCUT2D eigenvalue weighted by molar-refractivity contribution is 5.89. The quantitative estimate of drug-likeness (QED) is 0.474. The van der Waals surface area contributed by atoms with E-state index in [1.165, 1.54) is 30.5 Å². The number of anilines is 1. The van der Waals surface area contributed by atoms with Gasteiger partial charge < -0.3 is 9.84 Å². The molecule has 4 rings (SSSR count). The van der Waals surface area contributed by atoms with Crippen molar-refractivity contribution in [1.29, 1.82) is 0 Å². The summed E-state index contributed by atoms with van der Waals surface area (Å²) >= 11 is 0. The molecule has 0 unspecified atom stereocenters. The van der Waals surface area contributed by atoms with Crippen molar-refractivity contribution in [3.8, 4) is 11.3 Å². The fourth-order valence-electron chi connectivity index (χ4n) is 4.29. The zero-order valence-corrected chi connectivity index (χ0v) is 20.4. The van der Waals surface area contributed by atoms with Gasteiger partial charge >= 0.3 is 12.1 Å². The summed E-state index contributed by atoms with van der Waals surface area (Å²) in [7, 11) is 0. The van der Waals surface area contributed by atoms with Crippen molar-refractivity contribution < 1.29 is 32.6 Å². The summed E-state index contributed by atoms with van der Waals surface area (Å²) in [6, 6.07) is 8.66. The van der Waals surface area contributed by atoms with E-state index in [9.17, 15) is 27.9 Å². The van der Waals surface area contributed by atoms with Gasteiger partial charge in [0.15, 0.2) is 5.82 Å². The number of amides is 1. The monoisotopic (exact) mass is 514 g/mol. The third-order valence-corrected chi connectivity index (χ3v) is 5.98. The summed E-state index contributed by atoms with van der Waals surface area (Å²) < 4.78 is 48.8. The number of pyridine rings is 1. The maximum absolute atomic E-state index is 14.7. The normalized spacial score (nSPS) is 19.1. The van der Waals surface area contributed by atoms with Crippen LogP contribution in [0.25, 0.3) is 11.3 Å². The summed E-state index contributed by atoms with van der Waals surface area (Å²) in [4.78, 5) is 29.7. The van der Waals surface area contributed by atoms with E-state index in [1.807, 2.05) is 0 Å². The van der Waals surface area contributed by atoms with Gasteiger partial charge in [0.25, 0.3) is 0 Å². The van der Waals surface area contributed by atoms with Crippen LogP contribution in [-0.4, -0.2) is 50.7 Å². The van der Waals surface area contributed by atoms with Gasteiger partial charge in [-0.3, -0.25) is 9.88 Å². The Kier molecular flexibility index (Phi) is 6.90. The molecule has 1 N–H and O–H groups in total. The molecule has 1 amide bonds. The molecule has 0 spiro atoms. The molecule has 1 aliphatic rings. The maximum Gasteiger partial charge on any atom is 0.416 e. The highest BCUT2D eigenvalue weighted by atomic mass is 19.1. The number of carbonyl (C=O) groups excluding carboxylic acids is 1. The molecule has 11 heteroatoms. The first-order valence-electron chi connectivity index (χ1n) is 11.5. The Balaban J connectivity index is 1.72. The average Bonchev–Trinajstić information content (AvgIpc) is 2.80. The fraction of sp³-hybridized carbons (Fsp3) is 0.346. The predicted octanol–water partition coefficient (Wildman–Crippen LogP) is 5.33. The van der Waals surface area contributed by atoms with Gasteiger partial charge in [-0.2, -0.15) is 0 Å². The minimum atomic E-state index is -1.24. The molecular weight excluding hydrogens is 489 g/mol. The van der Waals surface area contributed by atoms with Crippen molar-refractivity contribution in [2.45, 2.75) is 50.8 Å². The lowest BCUT2D eigenvalue weighted by Crippen LogP contribution is -2.54. The SMILES string of the molecule is CC(C)(C)OC(=O)N(C[C@]1(c2ncccc2F)C[C@H](F)C1)c1ccc(-c2cc(C(=O)O)ccc2F)nn1. The summed E-state index contributed by atoms with van der Waals surface area (Å²) in [6.07, 6.45) is -0.720. The van der Waals surface area contributed by atoms with Crippen LogP contribution in [0.2, 0.25) is 0 Å². The molecule has 1 saturated carbocycles. The summed E-state index contributed by atoms with van der Waals surface area (Å²) in [6.45, 7) is 4.83. The molecule has 37 heavy (non-hydrogen) atoms. The lowest BCUT2D eigenvalue weighted by atomic mass is 9.64. The van der Waals surface area contributed by atoms with Gasteiger partial charge in [0.05, 0.1) is 17.0 Å². The number of hydrogen-bond acceptors (Lipinski definition) is 6. The number of aromatic carboxylic acids is 1. The Morgan fingerprint density at radius 3 is 2.41 bits per heavy atom. The Hall–Kier alpha value is -4.02. The van der Waals surface area contributed by atoms with Crippen LogP contribution < -0.4 is 4.90 Å². The number of ether oxygens (including phenoxy) is 1. The van der Waals surface area contributed by atoms with E-state index < -0.39 is 40.9 Å². The van der Waals surface area contributed by atoms with E-state index in [4.69, 9.17) is 4.74 Å². The second-order valence-electron chi connectivity index (χ2n) is 9.96. The number of benzene rings is 1. The van der Waals surface area contributed by atoms with Gasteiger partial charge in [-0.25, -0.2) is 22.8 Å². The first-order chi connectivity index (χ1) is 17.4. The van der Waals surface area contributed by atoms with Crippen LogP contribution in [0, 0.1) is 11.6 Å².